The lowest BCUT2D eigenvalue weighted by Gasteiger charge is -2.05. The predicted molar refractivity (Wildman–Crippen MR) is 66.8 cm³/mol. The van der Waals surface area contributed by atoms with Gasteiger partial charge in [-0.1, -0.05) is 0 Å². The lowest BCUT2D eigenvalue weighted by molar-refractivity contribution is 0.133. The van der Waals surface area contributed by atoms with Crippen LogP contribution in [-0.4, -0.2) is 29.7 Å². The number of halogens is 1. The molecule has 0 bridgehead atoms. The minimum absolute atomic E-state index is 0.672. The van der Waals surface area contributed by atoms with Crippen molar-refractivity contribution in [1.29, 1.82) is 0 Å². The third kappa shape index (κ3) is 4.29. The maximum absolute atomic E-state index is 5.48. The molecule has 1 fully saturated rings. The molecule has 5 heteroatoms. The maximum atomic E-state index is 5.48. The third-order valence-corrected chi connectivity index (χ3v) is 2.76. The predicted octanol–water partition coefficient (Wildman–Crippen LogP) is 1.92. The summed E-state index contributed by atoms with van der Waals surface area (Å²) in [5.74, 6) is 1.50. The molecule has 15 heavy (non-hydrogen) atoms. The summed E-state index contributed by atoms with van der Waals surface area (Å²) >= 11 is 2.18. The number of nitrogens with one attached hydrogen (secondary N) is 1. The number of rotatable bonds is 6. The molecule has 1 saturated carbocycles. The van der Waals surface area contributed by atoms with Crippen LogP contribution in [-0.2, 0) is 4.74 Å². The Balaban J connectivity index is 1.58. The number of hydrogen-bond acceptors (Lipinski definition) is 4. The van der Waals surface area contributed by atoms with Crippen molar-refractivity contribution >= 4 is 28.5 Å². The summed E-state index contributed by atoms with van der Waals surface area (Å²) < 4.78 is 6.53. The second-order valence-corrected chi connectivity index (χ2v) is 4.92. The molecule has 0 atom stereocenters. The highest BCUT2D eigenvalue weighted by molar-refractivity contribution is 14.1. The lowest BCUT2D eigenvalue weighted by atomic mass is 10.5. The lowest BCUT2D eigenvalue weighted by Crippen LogP contribution is -2.12. The topological polar surface area (TPSA) is 47.0 Å². The number of ether oxygens (including phenoxy) is 1. The average molecular weight is 319 g/mol. The molecule has 1 heterocycles. The molecule has 0 aromatic carbocycles. The standard InChI is InChI=1S/C10H14IN3O/c11-9-5-13-10(14-6-9)12-3-4-15-7-8-1-2-8/h5-6,8H,1-4,7H2,(H,12,13,14). The van der Waals surface area contributed by atoms with Crippen molar-refractivity contribution in [2.24, 2.45) is 5.92 Å². The van der Waals surface area contributed by atoms with Crippen LogP contribution in [0.25, 0.3) is 0 Å². The van der Waals surface area contributed by atoms with E-state index < -0.39 is 0 Å². The largest absolute Gasteiger partial charge is 0.379 e. The van der Waals surface area contributed by atoms with Gasteiger partial charge in [0.15, 0.2) is 0 Å². The Morgan fingerprint density at radius 2 is 2.13 bits per heavy atom. The Morgan fingerprint density at radius 1 is 1.40 bits per heavy atom. The van der Waals surface area contributed by atoms with Gasteiger partial charge in [0, 0.05) is 29.1 Å². The van der Waals surface area contributed by atoms with Gasteiger partial charge in [-0.05, 0) is 41.4 Å². The summed E-state index contributed by atoms with van der Waals surface area (Å²) in [5, 5.41) is 3.12. The van der Waals surface area contributed by atoms with Crippen LogP contribution in [0.2, 0.25) is 0 Å². The van der Waals surface area contributed by atoms with Gasteiger partial charge < -0.3 is 10.1 Å². The van der Waals surface area contributed by atoms with E-state index in [0.29, 0.717) is 5.95 Å². The molecule has 1 aromatic rings. The van der Waals surface area contributed by atoms with Gasteiger partial charge >= 0.3 is 0 Å². The third-order valence-electron chi connectivity index (χ3n) is 2.20. The zero-order valence-electron chi connectivity index (χ0n) is 8.45. The van der Waals surface area contributed by atoms with E-state index in [9.17, 15) is 0 Å². The highest BCUT2D eigenvalue weighted by Gasteiger charge is 2.20. The van der Waals surface area contributed by atoms with Gasteiger partial charge in [0.2, 0.25) is 5.95 Å². The summed E-state index contributed by atoms with van der Waals surface area (Å²) in [6.07, 6.45) is 6.27. The van der Waals surface area contributed by atoms with Gasteiger partial charge in [-0.2, -0.15) is 0 Å². The van der Waals surface area contributed by atoms with E-state index in [1.165, 1.54) is 12.8 Å². The SMILES string of the molecule is Ic1cnc(NCCOCC2CC2)nc1. The summed E-state index contributed by atoms with van der Waals surface area (Å²) in [6.45, 7) is 2.41. The summed E-state index contributed by atoms with van der Waals surface area (Å²) in [7, 11) is 0. The molecule has 1 N–H and O–H groups in total. The van der Waals surface area contributed by atoms with Crippen molar-refractivity contribution in [2.75, 3.05) is 25.1 Å². The van der Waals surface area contributed by atoms with Crippen LogP contribution in [0.5, 0.6) is 0 Å². The summed E-state index contributed by atoms with van der Waals surface area (Å²) in [4.78, 5) is 8.28. The molecular weight excluding hydrogens is 305 g/mol. The molecule has 0 saturated heterocycles. The fourth-order valence-electron chi connectivity index (χ4n) is 1.17. The monoisotopic (exact) mass is 319 g/mol. The van der Waals surface area contributed by atoms with Gasteiger partial charge in [0.1, 0.15) is 0 Å². The Bertz CT molecular complexity index is 300. The molecule has 0 aliphatic heterocycles. The van der Waals surface area contributed by atoms with Gasteiger partial charge in [0.25, 0.3) is 0 Å². The van der Waals surface area contributed by atoms with Crippen LogP contribution in [0.1, 0.15) is 12.8 Å². The first kappa shape index (κ1) is 11.1. The number of nitrogens with zero attached hydrogens (tertiary/aromatic N) is 2. The second kappa shape index (κ2) is 5.60. The highest BCUT2D eigenvalue weighted by atomic mass is 127. The van der Waals surface area contributed by atoms with E-state index in [1.54, 1.807) is 12.4 Å². The van der Waals surface area contributed by atoms with Crippen LogP contribution >= 0.6 is 22.6 Å². The van der Waals surface area contributed by atoms with E-state index >= 15 is 0 Å². The number of aromatic nitrogens is 2. The van der Waals surface area contributed by atoms with Gasteiger partial charge in [-0.15, -0.1) is 0 Å². The van der Waals surface area contributed by atoms with Crippen LogP contribution in [0, 0.1) is 9.49 Å². The summed E-state index contributed by atoms with van der Waals surface area (Å²) in [6, 6.07) is 0. The van der Waals surface area contributed by atoms with Crippen molar-refractivity contribution in [3.05, 3.63) is 16.0 Å². The molecule has 1 aliphatic carbocycles. The number of anilines is 1. The minimum atomic E-state index is 0.672. The molecule has 0 spiro atoms. The zero-order valence-corrected chi connectivity index (χ0v) is 10.6. The quantitative estimate of drug-likeness (QED) is 0.643. The van der Waals surface area contributed by atoms with Crippen molar-refractivity contribution < 1.29 is 4.74 Å². The molecule has 0 amide bonds. The van der Waals surface area contributed by atoms with Gasteiger partial charge in [0.05, 0.1) is 6.61 Å². The second-order valence-electron chi connectivity index (χ2n) is 3.67. The number of hydrogen-bond donors (Lipinski definition) is 1. The van der Waals surface area contributed by atoms with E-state index in [1.807, 2.05) is 0 Å². The normalized spacial score (nSPS) is 15.3. The Morgan fingerprint density at radius 3 is 2.80 bits per heavy atom. The van der Waals surface area contributed by atoms with Crippen molar-refractivity contribution in [3.8, 4) is 0 Å². The molecule has 1 aliphatic rings. The van der Waals surface area contributed by atoms with Crippen LogP contribution in [0.3, 0.4) is 0 Å². The van der Waals surface area contributed by atoms with Gasteiger partial charge in [-0.3, -0.25) is 0 Å². The smallest absolute Gasteiger partial charge is 0.222 e. The first-order chi connectivity index (χ1) is 7.34. The average Bonchev–Trinajstić information content (AvgIpc) is 3.04. The van der Waals surface area contributed by atoms with Crippen LogP contribution < -0.4 is 5.32 Å². The van der Waals surface area contributed by atoms with Crippen LogP contribution in [0.4, 0.5) is 5.95 Å². The zero-order chi connectivity index (χ0) is 10.5. The Kier molecular flexibility index (Phi) is 4.13. The molecule has 4 nitrogen and oxygen atoms in total. The Labute approximate surface area is 103 Å². The molecule has 2 rings (SSSR count). The highest BCUT2D eigenvalue weighted by Crippen LogP contribution is 2.28. The molecule has 82 valence electrons. The molecule has 0 radical (unpaired) electrons. The fraction of sp³-hybridized carbons (Fsp3) is 0.600. The van der Waals surface area contributed by atoms with Crippen molar-refractivity contribution in [2.45, 2.75) is 12.8 Å². The first-order valence-corrected chi connectivity index (χ1v) is 6.21. The van der Waals surface area contributed by atoms with E-state index in [-0.39, 0.29) is 0 Å². The first-order valence-electron chi connectivity index (χ1n) is 5.14. The maximum Gasteiger partial charge on any atom is 0.222 e. The molecule has 1 aromatic heterocycles. The minimum Gasteiger partial charge on any atom is -0.379 e. The van der Waals surface area contributed by atoms with E-state index in [0.717, 1.165) is 29.2 Å². The Hall–Kier alpha value is -0.430. The fourth-order valence-corrected chi connectivity index (χ4v) is 1.45. The molecule has 0 unspecified atom stereocenters. The van der Waals surface area contributed by atoms with Crippen molar-refractivity contribution in [3.63, 3.8) is 0 Å². The van der Waals surface area contributed by atoms with E-state index in [4.69, 9.17) is 4.74 Å². The van der Waals surface area contributed by atoms with E-state index in [2.05, 4.69) is 37.9 Å². The van der Waals surface area contributed by atoms with Gasteiger partial charge in [-0.25, -0.2) is 9.97 Å². The summed E-state index contributed by atoms with van der Waals surface area (Å²) in [5.41, 5.74) is 0. The van der Waals surface area contributed by atoms with Crippen molar-refractivity contribution in [1.82, 2.24) is 9.97 Å². The molecular formula is C10H14IN3O. The van der Waals surface area contributed by atoms with Crippen LogP contribution in [0.15, 0.2) is 12.4 Å².